The number of thioether (sulfide) groups is 1. The number of rotatable bonds is 13. The number of H-pyrrole nitrogens is 1. The molecule has 0 aliphatic rings. The van der Waals surface area contributed by atoms with Gasteiger partial charge in [0.15, 0.2) is 16.8 Å². The number of benzene rings is 1. The molecule has 3 heterocycles. The largest absolute Gasteiger partial charge is 0.370 e. The zero-order valence-corrected chi connectivity index (χ0v) is 23.0. The van der Waals surface area contributed by atoms with Crippen molar-refractivity contribution in [2.24, 2.45) is 16.5 Å². The number of guanidine groups is 1. The second-order valence-electron chi connectivity index (χ2n) is 8.91. The quantitative estimate of drug-likeness (QED) is 0.0879. The second kappa shape index (κ2) is 12.6. The summed E-state index contributed by atoms with van der Waals surface area (Å²) in [5.41, 5.74) is 15.4. The van der Waals surface area contributed by atoms with Crippen LogP contribution in [0.15, 0.2) is 40.6 Å². The minimum absolute atomic E-state index is 0.0564. The van der Waals surface area contributed by atoms with Crippen LogP contribution in [0.2, 0.25) is 0 Å². The number of amides is 1. The van der Waals surface area contributed by atoms with Crippen molar-refractivity contribution in [1.29, 1.82) is 0 Å². The third-order valence-corrected chi connectivity index (χ3v) is 7.31. The molecule has 0 unspecified atom stereocenters. The first kappa shape index (κ1) is 27.2. The molecule has 38 heavy (non-hydrogen) atoms. The Balaban J connectivity index is 1.57. The van der Waals surface area contributed by atoms with Gasteiger partial charge in [-0.15, -0.1) is 0 Å². The first-order valence-corrected chi connectivity index (χ1v) is 13.9. The van der Waals surface area contributed by atoms with E-state index >= 15 is 0 Å². The van der Waals surface area contributed by atoms with E-state index in [2.05, 4.69) is 63.0 Å². The van der Waals surface area contributed by atoms with Gasteiger partial charge in [-0.3, -0.25) is 9.79 Å². The standard InChI is InChI=1S/C26H36N10OS/c1-4-35(5-2)25-32-17(3)22-23(34-25)36(14-11-18-15-31-20-10-7-6-9-19(18)20)26(33-22)38-16-21(37)29-12-8-13-30-24(27)28/h6-7,9-10,15,31H,4-5,8,11-14,16H2,1-3H3,(H,29,37)(H4,27,28,30). The number of imidazole rings is 1. The predicted octanol–water partition coefficient (Wildman–Crippen LogP) is 2.58. The molecule has 0 radical (unpaired) electrons. The van der Waals surface area contributed by atoms with Gasteiger partial charge >= 0.3 is 0 Å². The van der Waals surface area contributed by atoms with Crippen LogP contribution in [-0.2, 0) is 17.8 Å². The maximum Gasteiger partial charge on any atom is 0.230 e. The van der Waals surface area contributed by atoms with Crippen LogP contribution in [0.25, 0.3) is 22.1 Å². The van der Waals surface area contributed by atoms with Crippen molar-refractivity contribution < 1.29 is 4.79 Å². The van der Waals surface area contributed by atoms with Gasteiger partial charge in [0.1, 0.15) is 5.52 Å². The van der Waals surface area contributed by atoms with E-state index in [0.29, 0.717) is 32.0 Å². The molecule has 12 heteroatoms. The number of nitrogens with one attached hydrogen (secondary N) is 2. The lowest BCUT2D eigenvalue weighted by Crippen LogP contribution is -2.27. The SMILES string of the molecule is CCN(CC)c1nc(C)c2nc(SCC(=O)NCCCN=C(N)N)n(CCc3c[nH]c4ccccc34)c2n1. The monoisotopic (exact) mass is 536 g/mol. The molecule has 3 aromatic heterocycles. The Morgan fingerprint density at radius 1 is 1.18 bits per heavy atom. The normalized spacial score (nSPS) is 11.2. The number of carbonyl (C=O) groups is 1. The Bertz CT molecular complexity index is 1420. The lowest BCUT2D eigenvalue weighted by molar-refractivity contribution is -0.118. The highest BCUT2D eigenvalue weighted by atomic mass is 32.2. The highest BCUT2D eigenvalue weighted by molar-refractivity contribution is 7.99. The zero-order chi connectivity index (χ0) is 27.1. The summed E-state index contributed by atoms with van der Waals surface area (Å²) in [5, 5.41) is 4.88. The number of fused-ring (bicyclic) bond motifs is 2. The summed E-state index contributed by atoms with van der Waals surface area (Å²) in [5.74, 6) is 0.930. The molecule has 0 aliphatic heterocycles. The first-order chi connectivity index (χ1) is 18.4. The molecule has 0 aliphatic carbocycles. The number of anilines is 1. The van der Waals surface area contributed by atoms with Crippen LogP contribution >= 0.6 is 11.8 Å². The van der Waals surface area contributed by atoms with Crippen LogP contribution in [-0.4, -0.2) is 68.3 Å². The fourth-order valence-electron chi connectivity index (χ4n) is 4.33. The average molecular weight is 537 g/mol. The van der Waals surface area contributed by atoms with Crippen LogP contribution in [0.3, 0.4) is 0 Å². The molecule has 0 bridgehead atoms. The second-order valence-corrected chi connectivity index (χ2v) is 9.85. The number of aryl methyl sites for hydroxylation is 3. The lowest BCUT2D eigenvalue weighted by Gasteiger charge is -2.19. The first-order valence-electron chi connectivity index (χ1n) is 12.9. The van der Waals surface area contributed by atoms with E-state index < -0.39 is 0 Å². The van der Waals surface area contributed by atoms with E-state index in [1.807, 2.05) is 13.0 Å². The van der Waals surface area contributed by atoms with Crippen molar-refractivity contribution in [2.45, 2.75) is 45.3 Å². The summed E-state index contributed by atoms with van der Waals surface area (Å²) in [6.07, 6.45) is 3.53. The highest BCUT2D eigenvalue weighted by Crippen LogP contribution is 2.27. The van der Waals surface area contributed by atoms with E-state index in [4.69, 9.17) is 26.4 Å². The Kier molecular flexibility index (Phi) is 9.06. The molecule has 0 spiro atoms. The minimum atomic E-state index is -0.0680. The van der Waals surface area contributed by atoms with E-state index in [0.717, 1.165) is 47.0 Å². The van der Waals surface area contributed by atoms with Crippen LogP contribution in [0.5, 0.6) is 0 Å². The topological polar surface area (TPSA) is 156 Å². The van der Waals surface area contributed by atoms with E-state index in [-0.39, 0.29) is 17.6 Å². The molecule has 4 rings (SSSR count). The van der Waals surface area contributed by atoms with Gasteiger partial charge in [-0.05, 0) is 45.2 Å². The number of aromatic nitrogens is 5. The molecule has 0 atom stereocenters. The molecule has 0 saturated carbocycles. The number of aliphatic imine (C=N–C) groups is 1. The molecular weight excluding hydrogens is 500 g/mol. The molecule has 0 fully saturated rings. The molecule has 11 nitrogen and oxygen atoms in total. The zero-order valence-electron chi connectivity index (χ0n) is 22.2. The fourth-order valence-corrected chi connectivity index (χ4v) is 5.18. The summed E-state index contributed by atoms with van der Waals surface area (Å²) in [7, 11) is 0. The third kappa shape index (κ3) is 6.36. The molecule has 1 amide bonds. The summed E-state index contributed by atoms with van der Waals surface area (Å²) >= 11 is 1.41. The fraction of sp³-hybridized carbons (Fsp3) is 0.423. The molecular formula is C26H36N10OS. The van der Waals surface area contributed by atoms with E-state index in [1.165, 1.54) is 22.7 Å². The van der Waals surface area contributed by atoms with Gasteiger partial charge in [-0.25, -0.2) is 9.97 Å². The number of para-hydroxylation sites is 1. The van der Waals surface area contributed by atoms with E-state index in [9.17, 15) is 4.79 Å². The van der Waals surface area contributed by atoms with E-state index in [1.54, 1.807) is 0 Å². The molecule has 4 aromatic rings. The van der Waals surface area contributed by atoms with Crippen molar-refractivity contribution >= 4 is 51.6 Å². The molecule has 0 saturated heterocycles. The number of nitrogens with two attached hydrogens (primary N) is 2. The number of aromatic amines is 1. The summed E-state index contributed by atoms with van der Waals surface area (Å²) < 4.78 is 2.12. The van der Waals surface area contributed by atoms with Crippen LogP contribution in [0, 0.1) is 6.92 Å². The molecule has 6 N–H and O–H groups in total. The van der Waals surface area contributed by atoms with Gasteiger partial charge in [0.25, 0.3) is 0 Å². The predicted molar refractivity (Wildman–Crippen MR) is 155 cm³/mol. The number of carbonyl (C=O) groups excluding carboxylic acids is 1. The van der Waals surface area contributed by atoms with Crippen LogP contribution < -0.4 is 21.7 Å². The maximum absolute atomic E-state index is 12.5. The van der Waals surface area contributed by atoms with Crippen LogP contribution in [0.4, 0.5) is 5.95 Å². The number of hydrogen-bond acceptors (Lipinski definition) is 7. The van der Waals surface area contributed by atoms with Crippen molar-refractivity contribution in [3.05, 3.63) is 41.7 Å². The molecule has 202 valence electrons. The minimum Gasteiger partial charge on any atom is -0.370 e. The molecule has 1 aromatic carbocycles. The van der Waals surface area contributed by atoms with Gasteiger partial charge in [-0.2, -0.15) is 4.98 Å². The van der Waals surface area contributed by atoms with Crippen molar-refractivity contribution in [1.82, 2.24) is 29.8 Å². The Hall–Kier alpha value is -3.80. The van der Waals surface area contributed by atoms with Gasteiger partial charge in [0, 0.05) is 49.8 Å². The Morgan fingerprint density at radius 2 is 1.97 bits per heavy atom. The number of nitrogens with zero attached hydrogens (tertiary/aromatic N) is 6. The van der Waals surface area contributed by atoms with Gasteiger partial charge in [0.05, 0.1) is 11.4 Å². The van der Waals surface area contributed by atoms with Crippen LogP contribution in [0.1, 0.15) is 31.5 Å². The highest BCUT2D eigenvalue weighted by Gasteiger charge is 2.19. The van der Waals surface area contributed by atoms with Gasteiger partial charge in [-0.1, -0.05) is 30.0 Å². The number of hydrogen-bond donors (Lipinski definition) is 4. The van der Waals surface area contributed by atoms with Crippen molar-refractivity contribution in [2.75, 3.05) is 36.8 Å². The van der Waals surface area contributed by atoms with Gasteiger partial charge < -0.3 is 31.2 Å². The van der Waals surface area contributed by atoms with Crippen molar-refractivity contribution in [3.63, 3.8) is 0 Å². The van der Waals surface area contributed by atoms with Gasteiger partial charge in [0.2, 0.25) is 11.9 Å². The smallest absolute Gasteiger partial charge is 0.230 e. The lowest BCUT2D eigenvalue weighted by atomic mass is 10.1. The maximum atomic E-state index is 12.5. The van der Waals surface area contributed by atoms with Crippen molar-refractivity contribution in [3.8, 4) is 0 Å². The Morgan fingerprint density at radius 3 is 2.74 bits per heavy atom. The summed E-state index contributed by atoms with van der Waals surface area (Å²) in [6, 6.07) is 8.29. The summed E-state index contributed by atoms with van der Waals surface area (Å²) in [4.78, 5) is 36.5. The average Bonchev–Trinajstić information content (AvgIpc) is 3.48. The third-order valence-electron chi connectivity index (χ3n) is 6.33. The Labute approximate surface area is 226 Å². The summed E-state index contributed by atoms with van der Waals surface area (Å²) in [6.45, 7) is 9.44.